The van der Waals surface area contributed by atoms with Gasteiger partial charge in [0.2, 0.25) is 0 Å². The minimum absolute atomic E-state index is 0.100. The van der Waals surface area contributed by atoms with Crippen molar-refractivity contribution in [3.63, 3.8) is 0 Å². The van der Waals surface area contributed by atoms with Crippen molar-refractivity contribution in [3.8, 4) is 0 Å². The molecule has 2 rings (SSSR count). The van der Waals surface area contributed by atoms with Crippen LogP contribution in [0, 0.1) is 0 Å². The molecule has 5 nitrogen and oxygen atoms in total. The number of nitrogens with zero attached hydrogens (tertiary/aromatic N) is 1. The Morgan fingerprint density at radius 3 is 2.33 bits per heavy atom. The summed E-state index contributed by atoms with van der Waals surface area (Å²) in [6.07, 6.45) is -1.82. The molecule has 2 aliphatic rings. The Balaban J connectivity index is 1.94. The molecule has 118 valence electrons. The zero-order valence-corrected chi connectivity index (χ0v) is 11.4. The highest BCUT2D eigenvalue weighted by atomic mass is 19.4. The highest BCUT2D eigenvalue weighted by Crippen LogP contribution is 2.36. The third-order valence-corrected chi connectivity index (χ3v) is 3.86. The monoisotopic (exact) mass is 306 g/mol. The fourth-order valence-electron chi connectivity index (χ4n) is 3.06. The van der Waals surface area contributed by atoms with Gasteiger partial charge in [-0.3, -0.25) is 4.79 Å². The Morgan fingerprint density at radius 2 is 1.86 bits per heavy atom. The van der Waals surface area contributed by atoms with E-state index < -0.39 is 24.2 Å². The van der Waals surface area contributed by atoms with Crippen LogP contribution in [0.15, 0.2) is 12.7 Å². The Labute approximate surface area is 120 Å². The van der Waals surface area contributed by atoms with E-state index in [0.717, 1.165) is 0 Å². The van der Waals surface area contributed by atoms with Crippen LogP contribution in [0.2, 0.25) is 0 Å². The number of hydrogen-bond donors (Lipinski definition) is 1. The molecule has 0 radical (unpaired) electrons. The third kappa shape index (κ3) is 3.48. The van der Waals surface area contributed by atoms with E-state index in [1.807, 2.05) is 5.32 Å². The molecule has 2 bridgehead atoms. The molecule has 2 amide bonds. The van der Waals surface area contributed by atoms with Crippen molar-refractivity contribution in [1.29, 1.82) is 0 Å². The van der Waals surface area contributed by atoms with Crippen LogP contribution in [0.25, 0.3) is 0 Å². The first-order valence-corrected chi connectivity index (χ1v) is 6.76. The van der Waals surface area contributed by atoms with Gasteiger partial charge in [-0.05, 0) is 25.7 Å². The molecule has 2 fully saturated rings. The van der Waals surface area contributed by atoms with E-state index in [1.165, 1.54) is 6.08 Å². The van der Waals surface area contributed by atoms with Crippen molar-refractivity contribution in [2.75, 3.05) is 6.61 Å². The summed E-state index contributed by atoms with van der Waals surface area (Å²) in [6, 6.07) is -0.917. The maximum atomic E-state index is 12.3. The molecule has 1 N–H and O–H groups in total. The molecule has 2 heterocycles. The lowest BCUT2D eigenvalue weighted by atomic mass is 9.97. The highest BCUT2D eigenvalue weighted by Gasteiger charge is 2.46. The molecule has 0 unspecified atom stereocenters. The summed E-state index contributed by atoms with van der Waals surface area (Å²) in [5, 5.41) is 2.00. The summed E-state index contributed by atoms with van der Waals surface area (Å²) in [5.41, 5.74) is 0. The molecule has 0 aliphatic carbocycles. The van der Waals surface area contributed by atoms with Gasteiger partial charge in [-0.25, -0.2) is 4.79 Å². The van der Waals surface area contributed by atoms with Crippen LogP contribution < -0.4 is 5.32 Å². The number of hydrogen-bond acceptors (Lipinski definition) is 3. The predicted octanol–water partition coefficient (Wildman–Crippen LogP) is 1.98. The van der Waals surface area contributed by atoms with E-state index in [1.54, 1.807) is 4.90 Å². The smallest absolute Gasteiger partial charge is 0.445 e. The average Bonchev–Trinajstić information content (AvgIpc) is 2.66. The average molecular weight is 306 g/mol. The van der Waals surface area contributed by atoms with E-state index in [0.29, 0.717) is 25.7 Å². The first-order chi connectivity index (χ1) is 9.82. The molecule has 0 aromatic rings. The molecule has 8 heteroatoms. The molecule has 2 aliphatic heterocycles. The highest BCUT2D eigenvalue weighted by molar-refractivity contribution is 5.82. The predicted molar refractivity (Wildman–Crippen MR) is 67.4 cm³/mol. The lowest BCUT2D eigenvalue weighted by molar-refractivity contribution is -0.174. The number of fused-ring (bicyclic) bond motifs is 2. The Kier molecular flexibility index (Phi) is 4.43. The summed E-state index contributed by atoms with van der Waals surface area (Å²) in [5.74, 6) is -1.92. The summed E-state index contributed by atoms with van der Waals surface area (Å²) in [4.78, 5) is 24.4. The van der Waals surface area contributed by atoms with Crippen LogP contribution in [0.5, 0.6) is 0 Å². The normalized spacial score (nSPS) is 28.1. The van der Waals surface area contributed by atoms with E-state index in [2.05, 4.69) is 6.58 Å². The van der Waals surface area contributed by atoms with E-state index >= 15 is 0 Å². The number of carbonyl (C=O) groups is 2. The van der Waals surface area contributed by atoms with Crippen molar-refractivity contribution >= 4 is 12.0 Å². The molecular formula is C13H17F3N2O3. The van der Waals surface area contributed by atoms with Crippen molar-refractivity contribution in [1.82, 2.24) is 10.2 Å². The van der Waals surface area contributed by atoms with Gasteiger partial charge in [-0.1, -0.05) is 12.7 Å². The summed E-state index contributed by atoms with van der Waals surface area (Å²) in [7, 11) is 0. The first-order valence-electron chi connectivity index (χ1n) is 6.76. The number of amides is 2. The van der Waals surface area contributed by atoms with E-state index in [9.17, 15) is 22.8 Å². The van der Waals surface area contributed by atoms with Crippen LogP contribution in [-0.2, 0) is 9.53 Å². The Bertz CT molecular complexity index is 425. The number of rotatable bonds is 3. The van der Waals surface area contributed by atoms with Gasteiger partial charge in [0, 0.05) is 18.1 Å². The van der Waals surface area contributed by atoms with Crippen LogP contribution >= 0.6 is 0 Å². The quantitative estimate of drug-likeness (QED) is 0.811. The largest absolute Gasteiger partial charge is 0.471 e. The van der Waals surface area contributed by atoms with Gasteiger partial charge in [0.1, 0.15) is 6.61 Å². The lowest BCUT2D eigenvalue weighted by Gasteiger charge is -2.38. The van der Waals surface area contributed by atoms with Gasteiger partial charge in [0.05, 0.1) is 0 Å². The fraction of sp³-hybridized carbons (Fsp3) is 0.692. The number of piperidine rings is 1. The zero-order valence-electron chi connectivity index (χ0n) is 11.4. The summed E-state index contributed by atoms with van der Waals surface area (Å²) in [6.45, 7) is 3.55. The second-order valence-electron chi connectivity index (χ2n) is 5.30. The third-order valence-electron chi connectivity index (χ3n) is 3.86. The Morgan fingerprint density at radius 1 is 1.29 bits per heavy atom. The number of carbonyl (C=O) groups excluding carboxylic acids is 2. The molecule has 0 spiro atoms. The lowest BCUT2D eigenvalue weighted by Crippen LogP contribution is -2.54. The first kappa shape index (κ1) is 15.7. The molecule has 0 aromatic carbocycles. The molecule has 21 heavy (non-hydrogen) atoms. The van der Waals surface area contributed by atoms with E-state index in [4.69, 9.17) is 4.74 Å². The van der Waals surface area contributed by atoms with Crippen molar-refractivity contribution in [3.05, 3.63) is 12.7 Å². The summed E-state index contributed by atoms with van der Waals surface area (Å²) < 4.78 is 41.7. The topological polar surface area (TPSA) is 58.6 Å². The van der Waals surface area contributed by atoms with Crippen LogP contribution in [-0.4, -0.2) is 47.8 Å². The molecular weight excluding hydrogens is 289 g/mol. The molecule has 0 saturated carbocycles. The van der Waals surface area contributed by atoms with Gasteiger partial charge < -0.3 is 15.0 Å². The fourth-order valence-corrected chi connectivity index (χ4v) is 3.06. The van der Waals surface area contributed by atoms with Crippen molar-refractivity contribution < 1.29 is 27.5 Å². The molecule has 3 atom stereocenters. The van der Waals surface area contributed by atoms with Crippen LogP contribution in [0.1, 0.15) is 25.7 Å². The minimum Gasteiger partial charge on any atom is -0.445 e. The van der Waals surface area contributed by atoms with Crippen molar-refractivity contribution in [2.24, 2.45) is 0 Å². The molecule has 0 aromatic heterocycles. The zero-order chi connectivity index (χ0) is 15.6. The van der Waals surface area contributed by atoms with Crippen LogP contribution in [0.3, 0.4) is 0 Å². The SMILES string of the molecule is C=CCOC(=O)N1[C@@H]2CC[C@H]1C[C@H](NC(=O)C(F)(F)F)C2. The van der Waals surface area contributed by atoms with Gasteiger partial charge in [0.15, 0.2) is 0 Å². The second-order valence-corrected chi connectivity index (χ2v) is 5.30. The van der Waals surface area contributed by atoms with Crippen molar-refractivity contribution in [2.45, 2.75) is 50.0 Å². The van der Waals surface area contributed by atoms with Gasteiger partial charge in [-0.15, -0.1) is 0 Å². The van der Waals surface area contributed by atoms with Gasteiger partial charge in [0.25, 0.3) is 0 Å². The molecule has 2 saturated heterocycles. The standard InChI is InChI=1S/C13H17F3N2O3/c1-2-5-21-12(20)18-9-3-4-10(18)7-8(6-9)17-11(19)13(14,15)16/h2,8-10H,1,3-7H2,(H,17,19)/t8-,9-,10+. The van der Waals surface area contributed by atoms with Crippen LogP contribution in [0.4, 0.5) is 18.0 Å². The van der Waals surface area contributed by atoms with Gasteiger partial charge >= 0.3 is 18.2 Å². The maximum Gasteiger partial charge on any atom is 0.471 e. The summed E-state index contributed by atoms with van der Waals surface area (Å²) >= 11 is 0. The van der Waals surface area contributed by atoms with E-state index in [-0.39, 0.29) is 18.7 Å². The minimum atomic E-state index is -4.88. The number of halogens is 3. The Hall–Kier alpha value is -1.73. The van der Waals surface area contributed by atoms with Gasteiger partial charge in [-0.2, -0.15) is 13.2 Å². The number of ether oxygens (including phenoxy) is 1. The maximum absolute atomic E-state index is 12.3. The second kappa shape index (κ2) is 5.95. The number of alkyl halides is 3. The number of nitrogens with one attached hydrogen (secondary N) is 1.